The van der Waals surface area contributed by atoms with Crippen molar-refractivity contribution < 1.29 is 5.11 Å². The molecule has 0 aliphatic carbocycles. The number of benzene rings is 1. The summed E-state index contributed by atoms with van der Waals surface area (Å²) in [5.41, 5.74) is 1.64. The lowest BCUT2D eigenvalue weighted by Crippen LogP contribution is -1.96. The van der Waals surface area contributed by atoms with Gasteiger partial charge in [-0.15, -0.1) is 0 Å². The fourth-order valence-corrected chi connectivity index (χ4v) is 2.09. The summed E-state index contributed by atoms with van der Waals surface area (Å²) in [6, 6.07) is 3.66. The zero-order valence-electron chi connectivity index (χ0n) is 7.64. The SMILES string of the molecule is CCc1ccc(Cl)c(C(C)O)c1Cl. The molecule has 0 bridgehead atoms. The Labute approximate surface area is 88.3 Å². The summed E-state index contributed by atoms with van der Waals surface area (Å²) in [6.45, 7) is 3.67. The second-order valence-corrected chi connectivity index (χ2v) is 3.75. The fourth-order valence-electron chi connectivity index (χ4n) is 1.27. The predicted molar refractivity (Wildman–Crippen MR) is 56.5 cm³/mol. The van der Waals surface area contributed by atoms with Crippen LogP contribution in [0.4, 0.5) is 0 Å². The maximum atomic E-state index is 9.44. The van der Waals surface area contributed by atoms with Gasteiger partial charge in [0.05, 0.1) is 11.1 Å². The molecular weight excluding hydrogens is 207 g/mol. The van der Waals surface area contributed by atoms with Gasteiger partial charge < -0.3 is 5.11 Å². The van der Waals surface area contributed by atoms with Crippen molar-refractivity contribution in [1.29, 1.82) is 0 Å². The number of hydrogen-bond acceptors (Lipinski definition) is 1. The number of rotatable bonds is 2. The molecule has 1 atom stereocenters. The number of aliphatic hydroxyl groups is 1. The van der Waals surface area contributed by atoms with Crippen molar-refractivity contribution in [3.63, 3.8) is 0 Å². The highest BCUT2D eigenvalue weighted by Gasteiger charge is 2.13. The monoisotopic (exact) mass is 218 g/mol. The van der Waals surface area contributed by atoms with Crippen molar-refractivity contribution in [2.75, 3.05) is 0 Å². The van der Waals surface area contributed by atoms with Gasteiger partial charge in [0.15, 0.2) is 0 Å². The van der Waals surface area contributed by atoms with Gasteiger partial charge in [-0.3, -0.25) is 0 Å². The molecule has 0 saturated carbocycles. The number of aliphatic hydroxyl groups excluding tert-OH is 1. The van der Waals surface area contributed by atoms with Crippen molar-refractivity contribution in [3.05, 3.63) is 33.3 Å². The molecule has 1 unspecified atom stereocenters. The molecule has 72 valence electrons. The van der Waals surface area contributed by atoms with Gasteiger partial charge in [-0.25, -0.2) is 0 Å². The van der Waals surface area contributed by atoms with Crippen molar-refractivity contribution in [2.24, 2.45) is 0 Å². The van der Waals surface area contributed by atoms with E-state index < -0.39 is 6.10 Å². The summed E-state index contributed by atoms with van der Waals surface area (Å²) in [6.07, 6.45) is 0.224. The quantitative estimate of drug-likeness (QED) is 0.805. The highest BCUT2D eigenvalue weighted by atomic mass is 35.5. The first kappa shape index (κ1) is 10.8. The van der Waals surface area contributed by atoms with Crippen LogP contribution >= 0.6 is 23.2 Å². The van der Waals surface area contributed by atoms with Crippen molar-refractivity contribution in [1.82, 2.24) is 0 Å². The summed E-state index contributed by atoms with van der Waals surface area (Å²) in [5.74, 6) is 0. The molecule has 0 heterocycles. The number of hydrogen-bond donors (Lipinski definition) is 1. The minimum atomic E-state index is -0.619. The lowest BCUT2D eigenvalue weighted by molar-refractivity contribution is 0.199. The van der Waals surface area contributed by atoms with Gasteiger partial charge >= 0.3 is 0 Å². The number of aryl methyl sites for hydroxylation is 1. The largest absolute Gasteiger partial charge is 0.389 e. The smallest absolute Gasteiger partial charge is 0.0791 e. The Morgan fingerprint density at radius 3 is 2.46 bits per heavy atom. The fraction of sp³-hybridized carbons (Fsp3) is 0.400. The van der Waals surface area contributed by atoms with E-state index in [1.807, 2.05) is 13.0 Å². The van der Waals surface area contributed by atoms with E-state index in [-0.39, 0.29) is 0 Å². The molecule has 1 rings (SSSR count). The summed E-state index contributed by atoms with van der Waals surface area (Å²) in [5, 5.41) is 10.5. The third kappa shape index (κ3) is 2.16. The Morgan fingerprint density at radius 1 is 1.38 bits per heavy atom. The van der Waals surface area contributed by atoms with Crippen molar-refractivity contribution in [2.45, 2.75) is 26.4 Å². The lowest BCUT2D eigenvalue weighted by atomic mass is 10.1. The third-order valence-corrected chi connectivity index (χ3v) is 2.78. The van der Waals surface area contributed by atoms with E-state index in [0.29, 0.717) is 15.6 Å². The molecule has 0 radical (unpaired) electrons. The van der Waals surface area contributed by atoms with E-state index in [4.69, 9.17) is 23.2 Å². The van der Waals surface area contributed by atoms with E-state index in [0.717, 1.165) is 12.0 Å². The van der Waals surface area contributed by atoms with E-state index in [9.17, 15) is 5.11 Å². The van der Waals surface area contributed by atoms with Crippen LogP contribution in [0.5, 0.6) is 0 Å². The van der Waals surface area contributed by atoms with Crippen LogP contribution < -0.4 is 0 Å². The maximum absolute atomic E-state index is 9.44. The highest BCUT2D eigenvalue weighted by molar-refractivity contribution is 6.36. The van der Waals surface area contributed by atoms with Crippen LogP contribution in [0.1, 0.15) is 31.1 Å². The van der Waals surface area contributed by atoms with Crippen molar-refractivity contribution >= 4 is 23.2 Å². The molecule has 3 heteroatoms. The zero-order valence-corrected chi connectivity index (χ0v) is 9.15. The molecule has 0 fully saturated rings. The molecule has 0 spiro atoms. The second kappa shape index (κ2) is 4.32. The molecule has 0 aliphatic heterocycles. The maximum Gasteiger partial charge on any atom is 0.0791 e. The van der Waals surface area contributed by atoms with Crippen LogP contribution in [-0.4, -0.2) is 5.11 Å². The van der Waals surface area contributed by atoms with Crippen LogP contribution in [-0.2, 0) is 6.42 Å². The normalized spacial score (nSPS) is 13.0. The summed E-state index contributed by atoms with van der Waals surface area (Å²) in [7, 11) is 0. The Morgan fingerprint density at radius 2 is 2.00 bits per heavy atom. The van der Waals surface area contributed by atoms with E-state index in [2.05, 4.69) is 0 Å². The first-order chi connectivity index (χ1) is 6.07. The van der Waals surface area contributed by atoms with Crippen molar-refractivity contribution in [3.8, 4) is 0 Å². The average molecular weight is 219 g/mol. The van der Waals surface area contributed by atoms with Crippen LogP contribution in [0.3, 0.4) is 0 Å². The Kier molecular flexibility index (Phi) is 3.60. The zero-order chi connectivity index (χ0) is 10.0. The Hall–Kier alpha value is -0.240. The summed E-state index contributed by atoms with van der Waals surface area (Å²) >= 11 is 12.0. The van der Waals surface area contributed by atoms with Gasteiger partial charge in [-0.1, -0.05) is 36.2 Å². The standard InChI is InChI=1S/C10H12Cl2O/c1-3-7-4-5-8(11)9(6(2)13)10(7)12/h4-6,13H,3H2,1-2H3. The molecule has 1 N–H and O–H groups in total. The predicted octanol–water partition coefficient (Wildman–Crippen LogP) is 3.61. The Balaban J connectivity index is 3.30. The first-order valence-corrected chi connectivity index (χ1v) is 4.98. The Bertz CT molecular complexity index is 308. The molecular formula is C10H12Cl2O. The van der Waals surface area contributed by atoms with E-state index in [1.54, 1.807) is 13.0 Å². The van der Waals surface area contributed by atoms with Crippen LogP contribution in [0.2, 0.25) is 10.0 Å². The lowest BCUT2D eigenvalue weighted by Gasteiger charge is -2.12. The van der Waals surface area contributed by atoms with Gasteiger partial charge in [0.2, 0.25) is 0 Å². The molecule has 1 nitrogen and oxygen atoms in total. The summed E-state index contributed by atoms with van der Waals surface area (Å²) < 4.78 is 0. The molecule has 1 aromatic rings. The summed E-state index contributed by atoms with van der Waals surface area (Å²) in [4.78, 5) is 0. The highest BCUT2D eigenvalue weighted by Crippen LogP contribution is 2.33. The molecule has 0 aliphatic rings. The van der Waals surface area contributed by atoms with Crippen LogP contribution in [0, 0.1) is 0 Å². The van der Waals surface area contributed by atoms with Gasteiger partial charge in [0.25, 0.3) is 0 Å². The van der Waals surface area contributed by atoms with Crippen LogP contribution in [0.15, 0.2) is 12.1 Å². The van der Waals surface area contributed by atoms with Crippen LogP contribution in [0.25, 0.3) is 0 Å². The minimum absolute atomic E-state index is 0.525. The molecule has 1 aromatic carbocycles. The molecule has 0 amide bonds. The molecule has 0 saturated heterocycles. The second-order valence-electron chi connectivity index (χ2n) is 2.96. The molecule has 13 heavy (non-hydrogen) atoms. The first-order valence-electron chi connectivity index (χ1n) is 4.22. The number of halogens is 2. The topological polar surface area (TPSA) is 20.2 Å². The van der Waals surface area contributed by atoms with E-state index >= 15 is 0 Å². The van der Waals surface area contributed by atoms with Gasteiger partial charge in [0.1, 0.15) is 0 Å². The minimum Gasteiger partial charge on any atom is -0.389 e. The van der Waals surface area contributed by atoms with Gasteiger partial charge in [-0.05, 0) is 25.0 Å². The average Bonchev–Trinajstić information content (AvgIpc) is 2.04. The van der Waals surface area contributed by atoms with E-state index in [1.165, 1.54) is 0 Å². The van der Waals surface area contributed by atoms with Gasteiger partial charge in [-0.2, -0.15) is 0 Å². The third-order valence-electron chi connectivity index (χ3n) is 2.01. The van der Waals surface area contributed by atoms with Gasteiger partial charge in [0, 0.05) is 10.6 Å². The molecule has 0 aromatic heterocycles.